The number of likely N-dealkylation sites (tertiary alicyclic amines) is 1. The van der Waals surface area contributed by atoms with E-state index in [4.69, 9.17) is 0 Å². The van der Waals surface area contributed by atoms with E-state index in [2.05, 4.69) is 13.2 Å². The molecule has 3 saturated heterocycles. The maximum absolute atomic E-state index is 14.2. The second-order valence-electron chi connectivity index (χ2n) is 9.88. The largest absolute Gasteiger partial charge is 0.395 e. The van der Waals surface area contributed by atoms with E-state index < -0.39 is 22.6 Å². The fourth-order valence-electron chi connectivity index (χ4n) is 6.36. The number of carbonyl (C=O) groups is 3. The van der Waals surface area contributed by atoms with E-state index in [0.717, 1.165) is 18.4 Å². The minimum atomic E-state index is -0.711. The molecule has 7 nitrogen and oxygen atoms in total. The minimum absolute atomic E-state index is 0.0153. The summed E-state index contributed by atoms with van der Waals surface area (Å²) >= 11 is 1.66. The van der Waals surface area contributed by atoms with Gasteiger partial charge in [-0.05, 0) is 24.8 Å². The van der Waals surface area contributed by atoms with E-state index >= 15 is 0 Å². The summed E-state index contributed by atoms with van der Waals surface area (Å²) in [6, 6.07) is 9.05. The van der Waals surface area contributed by atoms with Gasteiger partial charge in [0.1, 0.15) is 6.04 Å². The Bertz CT molecular complexity index is 1000. The lowest BCUT2D eigenvalue weighted by molar-refractivity contribution is -0.145. The Labute approximate surface area is 218 Å². The van der Waals surface area contributed by atoms with E-state index in [1.54, 1.807) is 38.6 Å². The Kier molecular flexibility index (Phi) is 8.25. The molecule has 1 N–H and O–H groups in total. The molecular weight excluding hydrogens is 474 g/mol. The summed E-state index contributed by atoms with van der Waals surface area (Å²) in [5.74, 6) is -1.34. The van der Waals surface area contributed by atoms with Crippen LogP contribution in [0.2, 0.25) is 0 Å². The first-order valence-corrected chi connectivity index (χ1v) is 13.7. The van der Waals surface area contributed by atoms with Gasteiger partial charge in [0, 0.05) is 38.0 Å². The number of nitrogens with zero attached hydrogens (tertiary/aromatic N) is 3. The van der Waals surface area contributed by atoms with Crippen LogP contribution in [-0.4, -0.2) is 86.4 Å². The minimum Gasteiger partial charge on any atom is -0.395 e. The predicted molar refractivity (Wildman–Crippen MR) is 142 cm³/mol. The van der Waals surface area contributed by atoms with Crippen molar-refractivity contribution in [3.8, 4) is 0 Å². The SMILES string of the molecule is C=CCN(Cc1ccccc1)C(=O)C1N(CCO)C(=O)[C@@H]2[C@H](C(=O)N(CC=C)CCC)[C@@H]3CCC12S3. The summed E-state index contributed by atoms with van der Waals surface area (Å²) in [6.45, 7) is 11.3. The van der Waals surface area contributed by atoms with Crippen molar-refractivity contribution in [1.82, 2.24) is 14.7 Å². The van der Waals surface area contributed by atoms with Crippen LogP contribution in [0, 0.1) is 11.8 Å². The Morgan fingerprint density at radius 2 is 1.86 bits per heavy atom. The van der Waals surface area contributed by atoms with Crippen molar-refractivity contribution >= 4 is 29.5 Å². The molecule has 2 unspecified atom stereocenters. The first-order chi connectivity index (χ1) is 17.4. The molecule has 194 valence electrons. The first kappa shape index (κ1) is 26.5. The molecule has 0 aromatic heterocycles. The van der Waals surface area contributed by atoms with Crippen molar-refractivity contribution in [3.63, 3.8) is 0 Å². The van der Waals surface area contributed by atoms with Crippen molar-refractivity contribution in [1.29, 1.82) is 0 Å². The number of thioether (sulfide) groups is 1. The van der Waals surface area contributed by atoms with Gasteiger partial charge in [0.15, 0.2) is 0 Å². The molecule has 1 spiro atoms. The third-order valence-corrected chi connectivity index (χ3v) is 9.64. The molecule has 5 atom stereocenters. The van der Waals surface area contributed by atoms with Crippen molar-refractivity contribution in [2.45, 2.75) is 48.8 Å². The fraction of sp³-hybridized carbons (Fsp3) is 0.536. The zero-order valence-corrected chi connectivity index (χ0v) is 21.9. The molecule has 36 heavy (non-hydrogen) atoms. The van der Waals surface area contributed by atoms with Crippen LogP contribution in [0.4, 0.5) is 0 Å². The molecule has 3 aliphatic rings. The number of benzene rings is 1. The van der Waals surface area contributed by atoms with Gasteiger partial charge in [0.25, 0.3) is 0 Å². The number of rotatable bonds is 12. The molecule has 0 radical (unpaired) electrons. The zero-order chi connectivity index (χ0) is 25.9. The van der Waals surface area contributed by atoms with Gasteiger partial charge in [-0.15, -0.1) is 24.9 Å². The standard InChI is InChI=1S/C28H37N3O4S/c1-4-14-29(15-5-2)25(33)22-21-12-13-28(36-21)23(22)26(34)31(17-18-32)24(28)27(35)30(16-6-3)19-20-10-8-7-9-11-20/h4,6-11,21-24,32H,1,3,5,12-19H2,2H3/t21-,22+,23-,24?,28?/m0/s1. The van der Waals surface area contributed by atoms with Gasteiger partial charge in [-0.2, -0.15) is 0 Å². The summed E-state index contributed by atoms with van der Waals surface area (Å²) in [7, 11) is 0. The van der Waals surface area contributed by atoms with E-state index in [0.29, 0.717) is 32.6 Å². The van der Waals surface area contributed by atoms with Gasteiger partial charge >= 0.3 is 0 Å². The average molecular weight is 512 g/mol. The van der Waals surface area contributed by atoms with Crippen molar-refractivity contribution in [2.75, 3.05) is 32.8 Å². The van der Waals surface area contributed by atoms with Crippen LogP contribution in [-0.2, 0) is 20.9 Å². The predicted octanol–water partition coefficient (Wildman–Crippen LogP) is 2.71. The molecule has 8 heteroatoms. The Balaban J connectivity index is 1.69. The lowest BCUT2D eigenvalue weighted by Crippen LogP contribution is -2.55. The summed E-state index contributed by atoms with van der Waals surface area (Å²) in [5.41, 5.74) is 0.996. The average Bonchev–Trinajstić information content (AvgIpc) is 3.51. The highest BCUT2D eigenvalue weighted by molar-refractivity contribution is 8.02. The highest BCUT2D eigenvalue weighted by Crippen LogP contribution is 2.66. The molecule has 1 aromatic rings. The third kappa shape index (κ3) is 4.50. The van der Waals surface area contributed by atoms with E-state index in [9.17, 15) is 19.5 Å². The van der Waals surface area contributed by atoms with E-state index in [1.807, 2.05) is 37.3 Å². The molecule has 3 fully saturated rings. The summed E-state index contributed by atoms with van der Waals surface area (Å²) < 4.78 is -0.656. The summed E-state index contributed by atoms with van der Waals surface area (Å²) in [4.78, 5) is 46.9. The van der Waals surface area contributed by atoms with Gasteiger partial charge in [-0.1, -0.05) is 49.4 Å². The number of aliphatic hydroxyl groups is 1. The van der Waals surface area contributed by atoms with Gasteiger partial charge in [0.05, 0.1) is 23.2 Å². The molecule has 3 amide bonds. The van der Waals surface area contributed by atoms with Crippen molar-refractivity contribution in [3.05, 3.63) is 61.2 Å². The van der Waals surface area contributed by atoms with Crippen LogP contribution in [0.1, 0.15) is 31.7 Å². The fourth-order valence-corrected chi connectivity index (χ4v) is 8.56. The molecule has 0 aliphatic carbocycles. The van der Waals surface area contributed by atoms with Crippen LogP contribution in [0.15, 0.2) is 55.6 Å². The Morgan fingerprint density at radius 3 is 2.50 bits per heavy atom. The summed E-state index contributed by atoms with van der Waals surface area (Å²) in [5, 5.41) is 9.84. The number of fused-ring (bicyclic) bond motifs is 1. The topological polar surface area (TPSA) is 81.2 Å². The van der Waals surface area contributed by atoms with Crippen LogP contribution < -0.4 is 0 Å². The number of hydrogen-bond donors (Lipinski definition) is 1. The van der Waals surface area contributed by atoms with Gasteiger partial charge < -0.3 is 19.8 Å². The quantitative estimate of drug-likeness (QED) is 0.437. The van der Waals surface area contributed by atoms with Crippen LogP contribution >= 0.6 is 11.8 Å². The maximum atomic E-state index is 14.2. The highest BCUT2D eigenvalue weighted by Gasteiger charge is 2.73. The number of amides is 3. The molecule has 4 rings (SSSR count). The first-order valence-electron chi connectivity index (χ1n) is 12.9. The van der Waals surface area contributed by atoms with Gasteiger partial charge in [-0.3, -0.25) is 14.4 Å². The molecule has 3 aliphatic heterocycles. The Hall–Kier alpha value is -2.58. The van der Waals surface area contributed by atoms with Crippen LogP contribution in [0.25, 0.3) is 0 Å². The molecule has 2 bridgehead atoms. The molecule has 0 saturated carbocycles. The number of β-amino-alcohol motifs (C(OH)–C–C–N with tert-alkyl or cyclic N) is 1. The number of aliphatic hydroxyl groups excluding tert-OH is 1. The van der Waals surface area contributed by atoms with E-state index in [1.165, 1.54) is 0 Å². The third-order valence-electron chi connectivity index (χ3n) is 7.69. The highest BCUT2D eigenvalue weighted by atomic mass is 32.2. The van der Waals surface area contributed by atoms with Gasteiger partial charge in [0.2, 0.25) is 17.7 Å². The molecule has 3 heterocycles. The lowest BCUT2D eigenvalue weighted by Gasteiger charge is -2.37. The maximum Gasteiger partial charge on any atom is 0.247 e. The van der Waals surface area contributed by atoms with Crippen molar-refractivity contribution in [2.24, 2.45) is 11.8 Å². The number of carbonyl (C=O) groups excluding carboxylic acids is 3. The van der Waals surface area contributed by atoms with E-state index in [-0.39, 0.29) is 36.1 Å². The summed E-state index contributed by atoms with van der Waals surface area (Å²) in [6.07, 6.45) is 5.76. The molecular formula is C28H37N3O4S. The van der Waals surface area contributed by atoms with Crippen molar-refractivity contribution < 1.29 is 19.5 Å². The Morgan fingerprint density at radius 1 is 1.17 bits per heavy atom. The normalized spacial score (nSPS) is 28.2. The second kappa shape index (κ2) is 11.2. The van der Waals surface area contributed by atoms with Crippen LogP contribution in [0.3, 0.4) is 0 Å². The lowest BCUT2D eigenvalue weighted by atomic mass is 9.70. The van der Waals surface area contributed by atoms with Crippen LogP contribution in [0.5, 0.6) is 0 Å². The smallest absolute Gasteiger partial charge is 0.247 e. The monoisotopic (exact) mass is 511 g/mol. The number of hydrogen-bond acceptors (Lipinski definition) is 5. The zero-order valence-electron chi connectivity index (χ0n) is 21.1. The molecule has 1 aromatic carbocycles. The van der Waals surface area contributed by atoms with Gasteiger partial charge in [-0.25, -0.2) is 0 Å². The second-order valence-corrected chi connectivity index (χ2v) is 11.5.